The first-order chi connectivity index (χ1) is 6.69. The number of carbonyl (C=O) groups is 1. The van der Waals surface area contributed by atoms with E-state index in [1.54, 1.807) is 4.90 Å². The Morgan fingerprint density at radius 2 is 2.43 bits per heavy atom. The van der Waals surface area contributed by atoms with Gasteiger partial charge in [-0.3, -0.25) is 4.79 Å². The van der Waals surface area contributed by atoms with Crippen LogP contribution in [0.15, 0.2) is 12.7 Å². The molecule has 0 radical (unpaired) electrons. The first-order valence-electron chi connectivity index (χ1n) is 4.39. The van der Waals surface area contributed by atoms with E-state index in [0.717, 1.165) is 13.1 Å². The van der Waals surface area contributed by atoms with Gasteiger partial charge in [0.25, 0.3) is 0 Å². The fourth-order valence-electron chi connectivity index (χ4n) is 1.43. The van der Waals surface area contributed by atoms with Crippen molar-refractivity contribution in [3.63, 3.8) is 0 Å². The van der Waals surface area contributed by atoms with Gasteiger partial charge in [0.2, 0.25) is 5.91 Å². The van der Waals surface area contributed by atoms with E-state index in [1.165, 1.54) is 6.08 Å². The summed E-state index contributed by atoms with van der Waals surface area (Å²) in [4.78, 5) is 13.1. The van der Waals surface area contributed by atoms with Crippen LogP contribution in [-0.4, -0.2) is 39.6 Å². The zero-order chi connectivity index (χ0) is 10.6. The van der Waals surface area contributed by atoms with Gasteiger partial charge in [-0.1, -0.05) is 6.58 Å². The summed E-state index contributed by atoms with van der Waals surface area (Å²) in [5, 5.41) is 8.61. The zero-order valence-corrected chi connectivity index (χ0v) is 9.98. The fraction of sp³-hybridized carbons (Fsp3) is 0.556. The highest BCUT2D eigenvalue weighted by Gasteiger charge is 2.26. The molecule has 4 nitrogen and oxygen atoms in total. The highest BCUT2D eigenvalue weighted by atomic mass is 127. The molecule has 0 N–H and O–H groups in total. The zero-order valence-electron chi connectivity index (χ0n) is 7.82. The SMILES string of the molecule is C=CC(=O)N1CCN(I)C(CC#N)C1. The molecule has 1 aliphatic heterocycles. The van der Waals surface area contributed by atoms with E-state index < -0.39 is 0 Å². The summed E-state index contributed by atoms with van der Waals surface area (Å²) in [6.07, 6.45) is 1.79. The van der Waals surface area contributed by atoms with Crippen LogP contribution in [0.5, 0.6) is 0 Å². The summed E-state index contributed by atoms with van der Waals surface area (Å²) >= 11 is 2.21. The Morgan fingerprint density at radius 3 is 3.00 bits per heavy atom. The van der Waals surface area contributed by atoms with Crippen molar-refractivity contribution in [3.8, 4) is 6.07 Å². The number of nitrogens with zero attached hydrogens (tertiary/aromatic N) is 3. The van der Waals surface area contributed by atoms with E-state index in [9.17, 15) is 4.79 Å². The molecule has 0 spiro atoms. The molecular weight excluding hydrogens is 293 g/mol. The second-order valence-corrected chi connectivity index (χ2v) is 4.37. The van der Waals surface area contributed by atoms with Crippen LogP contribution >= 0.6 is 22.9 Å². The highest BCUT2D eigenvalue weighted by Crippen LogP contribution is 2.16. The number of halogens is 1. The number of nitriles is 1. The Labute approximate surface area is 97.7 Å². The van der Waals surface area contributed by atoms with E-state index in [2.05, 4.69) is 38.6 Å². The van der Waals surface area contributed by atoms with Gasteiger partial charge in [0.1, 0.15) is 0 Å². The van der Waals surface area contributed by atoms with Gasteiger partial charge in [-0.2, -0.15) is 5.26 Å². The monoisotopic (exact) mass is 305 g/mol. The average Bonchev–Trinajstić information content (AvgIpc) is 2.20. The van der Waals surface area contributed by atoms with Crippen molar-refractivity contribution < 1.29 is 4.79 Å². The second-order valence-electron chi connectivity index (χ2n) is 3.13. The van der Waals surface area contributed by atoms with Gasteiger partial charge < -0.3 is 4.90 Å². The Bertz CT molecular complexity index is 274. The number of hydrogen-bond acceptors (Lipinski definition) is 3. The van der Waals surface area contributed by atoms with E-state index in [4.69, 9.17) is 5.26 Å². The van der Waals surface area contributed by atoms with Crippen LogP contribution in [0.2, 0.25) is 0 Å². The van der Waals surface area contributed by atoms with Crippen LogP contribution in [-0.2, 0) is 4.79 Å². The lowest BCUT2D eigenvalue weighted by molar-refractivity contribution is -0.127. The number of piperazine rings is 1. The topological polar surface area (TPSA) is 47.3 Å². The molecule has 1 amide bonds. The maximum atomic E-state index is 11.3. The predicted octanol–water partition coefficient (Wildman–Crippen LogP) is 0.949. The van der Waals surface area contributed by atoms with Crippen molar-refractivity contribution in [2.45, 2.75) is 12.5 Å². The average molecular weight is 305 g/mol. The van der Waals surface area contributed by atoms with Gasteiger partial charge in [0.05, 0.1) is 18.5 Å². The molecule has 1 atom stereocenters. The van der Waals surface area contributed by atoms with Gasteiger partial charge in [-0.05, 0) is 6.08 Å². The van der Waals surface area contributed by atoms with Gasteiger partial charge in [-0.25, -0.2) is 3.11 Å². The quantitative estimate of drug-likeness (QED) is 0.433. The van der Waals surface area contributed by atoms with E-state index >= 15 is 0 Å². The van der Waals surface area contributed by atoms with Crippen LogP contribution in [0.4, 0.5) is 0 Å². The molecule has 76 valence electrons. The number of hydrogen-bond donors (Lipinski definition) is 0. The van der Waals surface area contributed by atoms with Crippen molar-refractivity contribution in [2.24, 2.45) is 0 Å². The first-order valence-corrected chi connectivity index (χ1v) is 5.36. The lowest BCUT2D eigenvalue weighted by Crippen LogP contribution is -2.50. The first kappa shape index (κ1) is 11.5. The lowest BCUT2D eigenvalue weighted by atomic mass is 10.1. The van der Waals surface area contributed by atoms with Crippen LogP contribution in [0.1, 0.15) is 6.42 Å². The number of rotatable bonds is 2. The molecule has 0 aromatic carbocycles. The largest absolute Gasteiger partial charge is 0.336 e. The van der Waals surface area contributed by atoms with E-state index in [1.807, 2.05) is 0 Å². The Morgan fingerprint density at radius 1 is 1.71 bits per heavy atom. The van der Waals surface area contributed by atoms with Crippen molar-refractivity contribution in [1.82, 2.24) is 8.01 Å². The lowest BCUT2D eigenvalue weighted by Gasteiger charge is -2.36. The minimum absolute atomic E-state index is 0.0440. The molecule has 1 heterocycles. The van der Waals surface area contributed by atoms with Gasteiger partial charge in [0, 0.05) is 42.5 Å². The third-order valence-corrected chi connectivity index (χ3v) is 3.49. The molecule has 5 heteroatoms. The molecule has 1 unspecified atom stereocenters. The summed E-state index contributed by atoms with van der Waals surface area (Å²) in [6, 6.07) is 2.29. The molecule has 14 heavy (non-hydrogen) atoms. The standard InChI is InChI=1S/C9H12IN3O/c1-2-9(14)12-5-6-13(10)8(7-12)3-4-11/h2,8H,1,3,5-7H2. The summed E-state index contributed by atoms with van der Waals surface area (Å²) in [7, 11) is 0. The van der Waals surface area contributed by atoms with Crippen LogP contribution in [0.3, 0.4) is 0 Å². The minimum Gasteiger partial charge on any atom is -0.336 e. The molecule has 0 saturated carbocycles. The number of amides is 1. The predicted molar refractivity (Wildman–Crippen MR) is 61.5 cm³/mol. The molecule has 0 aromatic rings. The number of carbonyl (C=O) groups excluding carboxylic acids is 1. The van der Waals surface area contributed by atoms with Crippen molar-refractivity contribution in [1.29, 1.82) is 5.26 Å². The Kier molecular flexibility index (Phi) is 4.35. The normalized spacial score (nSPS) is 22.9. The van der Waals surface area contributed by atoms with E-state index in [-0.39, 0.29) is 11.9 Å². The molecule has 0 aliphatic carbocycles. The maximum absolute atomic E-state index is 11.3. The summed E-state index contributed by atoms with van der Waals surface area (Å²) < 4.78 is 2.09. The highest BCUT2D eigenvalue weighted by molar-refractivity contribution is 14.1. The van der Waals surface area contributed by atoms with Crippen LogP contribution in [0, 0.1) is 11.3 Å². The molecule has 0 aromatic heterocycles. The van der Waals surface area contributed by atoms with Gasteiger partial charge in [0.15, 0.2) is 0 Å². The molecule has 1 saturated heterocycles. The van der Waals surface area contributed by atoms with Crippen molar-refractivity contribution in [2.75, 3.05) is 19.6 Å². The van der Waals surface area contributed by atoms with Crippen molar-refractivity contribution in [3.05, 3.63) is 12.7 Å². The van der Waals surface area contributed by atoms with Gasteiger partial charge >= 0.3 is 0 Å². The van der Waals surface area contributed by atoms with Gasteiger partial charge in [-0.15, -0.1) is 0 Å². The molecule has 1 fully saturated rings. The second kappa shape index (κ2) is 5.32. The molecule has 1 aliphatic rings. The summed E-state index contributed by atoms with van der Waals surface area (Å²) in [6.45, 7) is 5.61. The minimum atomic E-state index is -0.0440. The van der Waals surface area contributed by atoms with Crippen molar-refractivity contribution >= 4 is 28.8 Å². The Hall–Kier alpha value is -0.610. The van der Waals surface area contributed by atoms with Crippen LogP contribution < -0.4 is 0 Å². The molecule has 1 rings (SSSR count). The maximum Gasteiger partial charge on any atom is 0.246 e. The van der Waals surface area contributed by atoms with E-state index in [0.29, 0.717) is 13.0 Å². The summed E-state index contributed by atoms with van der Waals surface area (Å²) in [5.41, 5.74) is 0. The summed E-state index contributed by atoms with van der Waals surface area (Å²) in [5.74, 6) is -0.0440. The Balaban J connectivity index is 2.57. The smallest absolute Gasteiger partial charge is 0.246 e. The third-order valence-electron chi connectivity index (χ3n) is 2.22. The third kappa shape index (κ3) is 2.69. The molecule has 0 bridgehead atoms. The van der Waals surface area contributed by atoms with Crippen LogP contribution in [0.25, 0.3) is 0 Å². The molecular formula is C9H12IN3O. The fourth-order valence-corrected chi connectivity index (χ4v) is 2.02.